The van der Waals surface area contributed by atoms with Crippen LogP contribution in [0.4, 0.5) is 0 Å². The summed E-state index contributed by atoms with van der Waals surface area (Å²) in [5.41, 5.74) is -1.29. The second-order valence-electron chi connectivity index (χ2n) is 5.17. The van der Waals surface area contributed by atoms with E-state index in [-0.39, 0.29) is 6.42 Å². The van der Waals surface area contributed by atoms with Gasteiger partial charge in [-0.25, -0.2) is 0 Å². The zero-order valence-corrected chi connectivity index (χ0v) is 9.49. The normalized spacial score (nSPS) is 37.4. The molecule has 90 valence electrons. The van der Waals surface area contributed by atoms with E-state index >= 15 is 0 Å². The molecule has 16 heavy (non-hydrogen) atoms. The Morgan fingerprint density at radius 1 is 1.50 bits per heavy atom. The van der Waals surface area contributed by atoms with E-state index in [1.807, 2.05) is 13.8 Å². The van der Waals surface area contributed by atoms with Gasteiger partial charge >= 0.3 is 11.9 Å². The van der Waals surface area contributed by atoms with Crippen LogP contribution in [0.25, 0.3) is 0 Å². The highest BCUT2D eigenvalue weighted by Gasteiger charge is 2.56. The van der Waals surface area contributed by atoms with E-state index in [9.17, 15) is 9.59 Å². The zero-order chi connectivity index (χ0) is 12.0. The lowest BCUT2D eigenvalue weighted by Crippen LogP contribution is -2.51. The lowest BCUT2D eigenvalue weighted by atomic mass is 9.75. The van der Waals surface area contributed by atoms with E-state index in [4.69, 9.17) is 14.6 Å². The monoisotopic (exact) mass is 228 g/mol. The average Bonchev–Trinajstić information content (AvgIpc) is 2.40. The van der Waals surface area contributed by atoms with Crippen molar-refractivity contribution < 1.29 is 24.2 Å². The van der Waals surface area contributed by atoms with Crippen LogP contribution < -0.4 is 0 Å². The van der Waals surface area contributed by atoms with Crippen molar-refractivity contribution in [2.24, 2.45) is 5.92 Å². The van der Waals surface area contributed by atoms with Crippen LogP contribution in [0.1, 0.15) is 33.1 Å². The highest BCUT2D eigenvalue weighted by molar-refractivity contribution is 5.83. The molecule has 2 fully saturated rings. The first-order valence-corrected chi connectivity index (χ1v) is 5.43. The third-order valence-electron chi connectivity index (χ3n) is 3.36. The molecule has 2 atom stereocenters. The van der Waals surface area contributed by atoms with Gasteiger partial charge in [0, 0.05) is 12.8 Å². The zero-order valence-electron chi connectivity index (χ0n) is 9.49. The summed E-state index contributed by atoms with van der Waals surface area (Å²) in [6.07, 6.45) is 0.896. The second kappa shape index (κ2) is 3.45. The van der Waals surface area contributed by atoms with Crippen molar-refractivity contribution in [3.8, 4) is 0 Å². The first kappa shape index (κ1) is 11.4. The van der Waals surface area contributed by atoms with E-state index in [1.54, 1.807) is 0 Å². The second-order valence-corrected chi connectivity index (χ2v) is 5.17. The molecule has 0 aliphatic carbocycles. The summed E-state index contributed by atoms with van der Waals surface area (Å²) < 4.78 is 10.8. The Hall–Kier alpha value is -1.10. The Kier molecular flexibility index (Phi) is 2.45. The third kappa shape index (κ3) is 1.80. The van der Waals surface area contributed by atoms with Crippen LogP contribution >= 0.6 is 0 Å². The molecular formula is C11H16O5. The predicted octanol–water partition coefficient (Wildman–Crippen LogP) is 0.962. The highest BCUT2D eigenvalue weighted by Crippen LogP contribution is 2.45. The molecule has 2 saturated heterocycles. The van der Waals surface area contributed by atoms with Crippen LogP contribution in [0.15, 0.2) is 0 Å². The fourth-order valence-electron chi connectivity index (χ4n) is 2.75. The van der Waals surface area contributed by atoms with Crippen molar-refractivity contribution >= 4 is 11.9 Å². The van der Waals surface area contributed by atoms with Crippen molar-refractivity contribution in [3.05, 3.63) is 0 Å². The largest absolute Gasteiger partial charge is 0.481 e. The quantitative estimate of drug-likeness (QED) is 0.677. The molecule has 0 unspecified atom stereocenters. The number of carbonyl (C=O) groups excluding carboxylic acids is 1. The number of hydrogen-bond donors (Lipinski definition) is 1. The van der Waals surface area contributed by atoms with Gasteiger partial charge in [0.2, 0.25) is 0 Å². The summed E-state index contributed by atoms with van der Waals surface area (Å²) in [5.74, 6) is -2.10. The SMILES string of the molecule is CC1(C)C[C@@]2(CCO1)OC(=O)C[C@H]2C(=O)O. The minimum Gasteiger partial charge on any atom is -0.481 e. The fourth-order valence-corrected chi connectivity index (χ4v) is 2.75. The Bertz CT molecular complexity index is 335. The standard InChI is InChI=1S/C11H16O5/c1-10(2)6-11(3-4-15-10)7(9(13)14)5-8(12)16-11/h7H,3-6H2,1-2H3,(H,13,14)/t7-,11+/m0/s1. The van der Waals surface area contributed by atoms with Crippen molar-refractivity contribution in [1.82, 2.24) is 0 Å². The van der Waals surface area contributed by atoms with Crippen LogP contribution in [0.5, 0.6) is 0 Å². The van der Waals surface area contributed by atoms with Gasteiger partial charge in [0.25, 0.3) is 0 Å². The first-order valence-electron chi connectivity index (χ1n) is 5.43. The molecule has 2 heterocycles. The minimum atomic E-state index is -0.955. The Balaban J connectivity index is 2.28. The number of carbonyl (C=O) groups is 2. The Morgan fingerprint density at radius 3 is 2.75 bits per heavy atom. The third-order valence-corrected chi connectivity index (χ3v) is 3.36. The molecule has 2 aliphatic rings. The molecule has 0 amide bonds. The van der Waals surface area contributed by atoms with Gasteiger partial charge in [0.05, 0.1) is 18.6 Å². The Morgan fingerprint density at radius 2 is 2.19 bits per heavy atom. The number of ether oxygens (including phenoxy) is 2. The molecule has 0 aromatic heterocycles. The van der Waals surface area contributed by atoms with Crippen molar-refractivity contribution in [2.75, 3.05) is 6.61 Å². The van der Waals surface area contributed by atoms with E-state index in [1.165, 1.54) is 0 Å². The van der Waals surface area contributed by atoms with E-state index in [0.717, 1.165) is 0 Å². The maximum absolute atomic E-state index is 11.3. The molecule has 2 rings (SSSR count). The highest BCUT2D eigenvalue weighted by atomic mass is 16.6. The molecule has 0 saturated carbocycles. The number of esters is 1. The van der Waals surface area contributed by atoms with Crippen molar-refractivity contribution in [3.63, 3.8) is 0 Å². The van der Waals surface area contributed by atoms with Gasteiger partial charge in [-0.3, -0.25) is 9.59 Å². The smallest absolute Gasteiger partial charge is 0.311 e. The number of rotatable bonds is 1. The molecule has 0 aromatic carbocycles. The molecule has 0 bridgehead atoms. The Labute approximate surface area is 93.7 Å². The predicted molar refractivity (Wildman–Crippen MR) is 53.8 cm³/mol. The van der Waals surface area contributed by atoms with Crippen LogP contribution in [-0.2, 0) is 19.1 Å². The number of carboxylic acids is 1. The summed E-state index contributed by atoms with van der Waals surface area (Å²) >= 11 is 0. The average molecular weight is 228 g/mol. The summed E-state index contributed by atoms with van der Waals surface area (Å²) in [6.45, 7) is 4.21. The molecular weight excluding hydrogens is 212 g/mol. The van der Waals surface area contributed by atoms with Crippen LogP contribution in [0.3, 0.4) is 0 Å². The van der Waals surface area contributed by atoms with Gasteiger partial charge in [0.15, 0.2) is 0 Å². The van der Waals surface area contributed by atoms with Gasteiger partial charge in [-0.15, -0.1) is 0 Å². The van der Waals surface area contributed by atoms with Crippen molar-refractivity contribution in [2.45, 2.75) is 44.3 Å². The molecule has 1 spiro atoms. The summed E-state index contributed by atoms with van der Waals surface area (Å²) in [7, 11) is 0. The molecule has 0 radical (unpaired) electrons. The summed E-state index contributed by atoms with van der Waals surface area (Å²) in [6, 6.07) is 0. The van der Waals surface area contributed by atoms with Gasteiger partial charge in [-0.1, -0.05) is 0 Å². The molecule has 0 aromatic rings. The van der Waals surface area contributed by atoms with Crippen LogP contribution in [0.2, 0.25) is 0 Å². The van der Waals surface area contributed by atoms with Crippen LogP contribution in [-0.4, -0.2) is 34.9 Å². The van der Waals surface area contributed by atoms with E-state index in [0.29, 0.717) is 19.4 Å². The molecule has 1 N–H and O–H groups in total. The maximum Gasteiger partial charge on any atom is 0.311 e. The number of carboxylic acid groups (broad SMARTS) is 1. The summed E-state index contributed by atoms with van der Waals surface area (Å²) in [4.78, 5) is 22.5. The summed E-state index contributed by atoms with van der Waals surface area (Å²) in [5, 5.41) is 9.15. The molecule has 2 aliphatic heterocycles. The van der Waals surface area contributed by atoms with Gasteiger partial charge in [-0.05, 0) is 13.8 Å². The maximum atomic E-state index is 11.3. The lowest BCUT2D eigenvalue weighted by molar-refractivity contribution is -0.183. The molecule has 5 nitrogen and oxygen atoms in total. The van der Waals surface area contributed by atoms with Gasteiger partial charge < -0.3 is 14.6 Å². The van der Waals surface area contributed by atoms with E-state index < -0.39 is 29.1 Å². The van der Waals surface area contributed by atoms with Crippen LogP contribution in [0, 0.1) is 5.92 Å². The van der Waals surface area contributed by atoms with Gasteiger partial charge in [-0.2, -0.15) is 0 Å². The molecule has 5 heteroatoms. The topological polar surface area (TPSA) is 72.8 Å². The van der Waals surface area contributed by atoms with Gasteiger partial charge in [0.1, 0.15) is 11.5 Å². The fraction of sp³-hybridized carbons (Fsp3) is 0.818. The lowest BCUT2D eigenvalue weighted by Gasteiger charge is -2.43. The van der Waals surface area contributed by atoms with E-state index in [2.05, 4.69) is 0 Å². The number of aliphatic carboxylic acids is 1. The first-order chi connectivity index (χ1) is 7.35. The number of hydrogen-bond acceptors (Lipinski definition) is 4. The minimum absolute atomic E-state index is 0.0224. The van der Waals surface area contributed by atoms with Crippen molar-refractivity contribution in [1.29, 1.82) is 0 Å².